The first kappa shape index (κ1) is 17.0. The summed E-state index contributed by atoms with van der Waals surface area (Å²) in [5.74, 6) is 0.266. The van der Waals surface area contributed by atoms with Crippen molar-refractivity contribution >= 4 is 17.5 Å². The van der Waals surface area contributed by atoms with Crippen molar-refractivity contribution < 1.29 is 9.21 Å². The number of oxazole rings is 1. The predicted molar refractivity (Wildman–Crippen MR) is 94.2 cm³/mol. The van der Waals surface area contributed by atoms with Gasteiger partial charge in [-0.25, -0.2) is 4.98 Å². The maximum Gasteiger partial charge on any atom is 0.273 e. The van der Waals surface area contributed by atoms with Crippen LogP contribution in [0.5, 0.6) is 0 Å². The minimum atomic E-state index is -0.205. The molecule has 24 heavy (non-hydrogen) atoms. The van der Waals surface area contributed by atoms with E-state index in [1.165, 1.54) is 32.1 Å². The van der Waals surface area contributed by atoms with E-state index in [-0.39, 0.29) is 5.91 Å². The van der Waals surface area contributed by atoms with Crippen molar-refractivity contribution in [1.29, 1.82) is 0 Å². The molecule has 6 heteroatoms. The van der Waals surface area contributed by atoms with E-state index in [9.17, 15) is 4.79 Å². The van der Waals surface area contributed by atoms with Gasteiger partial charge in [-0.15, -0.1) is 0 Å². The monoisotopic (exact) mass is 347 g/mol. The minimum absolute atomic E-state index is 0.205. The highest BCUT2D eigenvalue weighted by Crippen LogP contribution is 2.24. The molecule has 1 aromatic heterocycles. The molecular weight excluding hydrogens is 326 g/mol. The van der Waals surface area contributed by atoms with Crippen LogP contribution in [0, 0.1) is 0 Å². The third kappa shape index (κ3) is 4.36. The lowest BCUT2D eigenvalue weighted by molar-refractivity contribution is 0.0944. The Kier molecular flexibility index (Phi) is 5.88. The highest BCUT2D eigenvalue weighted by atomic mass is 35.5. The van der Waals surface area contributed by atoms with Gasteiger partial charge in [0.2, 0.25) is 0 Å². The van der Waals surface area contributed by atoms with Gasteiger partial charge in [-0.3, -0.25) is 4.79 Å². The number of nitrogens with zero attached hydrogens (tertiary/aromatic N) is 2. The number of nitrogens with one attached hydrogen (secondary N) is 1. The van der Waals surface area contributed by atoms with E-state index in [1.54, 1.807) is 12.1 Å². The van der Waals surface area contributed by atoms with Crippen LogP contribution in [0.1, 0.15) is 36.2 Å². The number of carbonyl (C=O) groups excluding carboxylic acids is 1. The molecule has 0 saturated carbocycles. The molecule has 1 N–H and O–H groups in total. The third-order valence-electron chi connectivity index (χ3n) is 4.30. The normalized spacial score (nSPS) is 15.9. The molecule has 1 aliphatic heterocycles. The van der Waals surface area contributed by atoms with Crippen molar-refractivity contribution in [1.82, 2.24) is 15.2 Å². The molecule has 0 spiro atoms. The van der Waals surface area contributed by atoms with Crippen LogP contribution in [0.15, 0.2) is 35.1 Å². The molecule has 3 rings (SSSR count). The number of halogens is 1. The fraction of sp³-hybridized carbons (Fsp3) is 0.444. The number of hydrogen-bond donors (Lipinski definition) is 1. The lowest BCUT2D eigenvalue weighted by Crippen LogP contribution is -2.35. The molecule has 2 heterocycles. The fourth-order valence-electron chi connectivity index (χ4n) is 2.99. The summed E-state index contributed by atoms with van der Waals surface area (Å²) in [5, 5.41) is 3.59. The summed E-state index contributed by atoms with van der Waals surface area (Å²) in [6.45, 7) is 3.73. The highest BCUT2D eigenvalue weighted by molar-refractivity contribution is 6.30. The third-order valence-corrected chi connectivity index (χ3v) is 4.55. The summed E-state index contributed by atoms with van der Waals surface area (Å²) >= 11 is 5.90. The van der Waals surface area contributed by atoms with E-state index in [2.05, 4.69) is 15.2 Å². The van der Waals surface area contributed by atoms with Gasteiger partial charge in [-0.1, -0.05) is 24.4 Å². The standard InChI is InChI=1S/C18H22ClN3O2/c19-15-7-5-14(6-8-15)17-16(21-13-24-17)18(23)20-9-12-22-10-3-1-2-4-11-22/h5-8,13H,1-4,9-12H2,(H,20,23). The summed E-state index contributed by atoms with van der Waals surface area (Å²) in [5.41, 5.74) is 1.10. The number of carbonyl (C=O) groups is 1. The first-order chi connectivity index (χ1) is 11.7. The Hall–Kier alpha value is -1.85. The smallest absolute Gasteiger partial charge is 0.273 e. The van der Waals surface area contributed by atoms with E-state index in [0.29, 0.717) is 23.0 Å². The van der Waals surface area contributed by atoms with Gasteiger partial charge in [-0.2, -0.15) is 0 Å². The van der Waals surface area contributed by atoms with E-state index >= 15 is 0 Å². The van der Waals surface area contributed by atoms with Crippen molar-refractivity contribution in [3.8, 4) is 11.3 Å². The van der Waals surface area contributed by atoms with Crippen LogP contribution in [0.4, 0.5) is 0 Å². The van der Waals surface area contributed by atoms with Gasteiger partial charge < -0.3 is 14.6 Å². The van der Waals surface area contributed by atoms with Gasteiger partial charge in [0.15, 0.2) is 17.8 Å². The Morgan fingerprint density at radius 1 is 1.17 bits per heavy atom. The molecule has 0 atom stereocenters. The number of likely N-dealkylation sites (tertiary alicyclic amines) is 1. The van der Waals surface area contributed by atoms with Crippen molar-refractivity contribution in [2.24, 2.45) is 0 Å². The van der Waals surface area contributed by atoms with E-state index < -0.39 is 0 Å². The SMILES string of the molecule is O=C(NCCN1CCCCCC1)c1ncoc1-c1ccc(Cl)cc1. The Bertz CT molecular complexity index is 661. The van der Waals surface area contributed by atoms with Crippen LogP contribution >= 0.6 is 11.6 Å². The minimum Gasteiger partial charge on any atom is -0.443 e. The van der Waals surface area contributed by atoms with E-state index in [4.69, 9.17) is 16.0 Å². The summed E-state index contributed by atoms with van der Waals surface area (Å²) in [4.78, 5) is 18.9. The molecule has 5 nitrogen and oxygen atoms in total. The number of aromatic nitrogens is 1. The quantitative estimate of drug-likeness (QED) is 0.897. The number of amides is 1. The molecular formula is C18H22ClN3O2. The lowest BCUT2D eigenvalue weighted by Gasteiger charge is -2.19. The van der Waals surface area contributed by atoms with Gasteiger partial charge in [0, 0.05) is 23.7 Å². The van der Waals surface area contributed by atoms with Crippen molar-refractivity contribution in [3.63, 3.8) is 0 Å². The lowest BCUT2D eigenvalue weighted by atomic mass is 10.1. The van der Waals surface area contributed by atoms with Crippen molar-refractivity contribution in [2.75, 3.05) is 26.2 Å². The first-order valence-corrected chi connectivity index (χ1v) is 8.82. The van der Waals surface area contributed by atoms with Crippen LogP contribution < -0.4 is 5.32 Å². The van der Waals surface area contributed by atoms with Crippen LogP contribution in [-0.4, -0.2) is 42.0 Å². The van der Waals surface area contributed by atoms with Gasteiger partial charge in [-0.05, 0) is 50.2 Å². The Labute approximate surface area is 147 Å². The molecule has 1 amide bonds. The van der Waals surface area contributed by atoms with Crippen molar-refractivity contribution in [2.45, 2.75) is 25.7 Å². The summed E-state index contributed by atoms with van der Waals surface area (Å²) in [7, 11) is 0. The molecule has 0 radical (unpaired) electrons. The predicted octanol–water partition coefficient (Wildman–Crippen LogP) is 3.60. The Balaban J connectivity index is 1.57. The largest absolute Gasteiger partial charge is 0.443 e. The molecule has 1 aromatic carbocycles. The van der Waals surface area contributed by atoms with Crippen LogP contribution in [0.2, 0.25) is 5.02 Å². The Morgan fingerprint density at radius 3 is 2.58 bits per heavy atom. The van der Waals surface area contributed by atoms with Crippen molar-refractivity contribution in [3.05, 3.63) is 41.4 Å². The van der Waals surface area contributed by atoms with E-state index in [1.807, 2.05) is 12.1 Å². The topological polar surface area (TPSA) is 58.4 Å². The average Bonchev–Trinajstić information content (AvgIpc) is 2.93. The maximum atomic E-state index is 12.4. The van der Waals surface area contributed by atoms with Crippen LogP contribution in [0.25, 0.3) is 11.3 Å². The average molecular weight is 348 g/mol. The maximum absolute atomic E-state index is 12.4. The Morgan fingerprint density at radius 2 is 1.88 bits per heavy atom. The molecule has 1 fully saturated rings. The second-order valence-corrected chi connectivity index (χ2v) is 6.49. The van der Waals surface area contributed by atoms with Gasteiger partial charge >= 0.3 is 0 Å². The molecule has 128 valence electrons. The van der Waals surface area contributed by atoms with E-state index in [0.717, 1.165) is 25.2 Å². The van der Waals surface area contributed by atoms with Crippen LogP contribution in [-0.2, 0) is 0 Å². The first-order valence-electron chi connectivity index (χ1n) is 8.44. The van der Waals surface area contributed by atoms with Gasteiger partial charge in [0.25, 0.3) is 5.91 Å². The van der Waals surface area contributed by atoms with Gasteiger partial charge in [0.05, 0.1) is 0 Å². The summed E-state index contributed by atoms with van der Waals surface area (Å²) < 4.78 is 5.40. The summed E-state index contributed by atoms with van der Waals surface area (Å²) in [6.07, 6.45) is 6.42. The van der Waals surface area contributed by atoms with Gasteiger partial charge in [0.1, 0.15) is 0 Å². The second-order valence-electron chi connectivity index (χ2n) is 6.05. The molecule has 0 bridgehead atoms. The fourth-order valence-corrected chi connectivity index (χ4v) is 3.11. The summed E-state index contributed by atoms with van der Waals surface area (Å²) in [6, 6.07) is 7.16. The second kappa shape index (κ2) is 8.31. The number of rotatable bonds is 5. The molecule has 0 aliphatic carbocycles. The highest BCUT2D eigenvalue weighted by Gasteiger charge is 2.18. The zero-order chi connectivity index (χ0) is 16.8. The number of hydrogen-bond acceptors (Lipinski definition) is 4. The molecule has 1 saturated heterocycles. The zero-order valence-corrected chi connectivity index (χ0v) is 14.4. The zero-order valence-electron chi connectivity index (χ0n) is 13.6. The molecule has 0 unspecified atom stereocenters. The van der Waals surface area contributed by atoms with Crippen LogP contribution in [0.3, 0.4) is 0 Å². The molecule has 2 aromatic rings. The molecule has 1 aliphatic rings. The number of benzene rings is 1.